The molecule has 24 heavy (non-hydrogen) atoms. The first-order valence-corrected chi connectivity index (χ1v) is 8.39. The van der Waals surface area contributed by atoms with E-state index in [0.29, 0.717) is 23.9 Å². The van der Waals surface area contributed by atoms with Crippen molar-refractivity contribution >= 4 is 0 Å². The van der Waals surface area contributed by atoms with Gasteiger partial charge in [-0.25, -0.2) is 13.8 Å². The van der Waals surface area contributed by atoms with Gasteiger partial charge in [0, 0.05) is 37.1 Å². The summed E-state index contributed by atoms with van der Waals surface area (Å²) < 4.78 is 35.2. The second kappa shape index (κ2) is 7.75. The summed E-state index contributed by atoms with van der Waals surface area (Å²) in [6.45, 7) is 2.15. The molecule has 1 atom stereocenters. The van der Waals surface area contributed by atoms with Crippen LogP contribution in [0.15, 0.2) is 30.9 Å². The van der Waals surface area contributed by atoms with E-state index >= 15 is 0 Å². The highest BCUT2D eigenvalue weighted by atomic mass is 19.2. The first kappa shape index (κ1) is 16.9. The Labute approximate surface area is 141 Å². The van der Waals surface area contributed by atoms with Crippen LogP contribution < -0.4 is 4.74 Å². The number of hydrogen-bond acceptors (Lipinski definition) is 3. The number of piperidine rings is 1. The normalized spacial score (nSPS) is 18.7. The van der Waals surface area contributed by atoms with Crippen LogP contribution in [0.25, 0.3) is 0 Å². The van der Waals surface area contributed by atoms with Crippen LogP contribution >= 0.6 is 0 Å². The van der Waals surface area contributed by atoms with Gasteiger partial charge >= 0.3 is 0 Å². The Bertz CT molecular complexity index is 661. The third kappa shape index (κ3) is 3.75. The maximum absolute atomic E-state index is 14.2. The zero-order chi connectivity index (χ0) is 16.9. The molecule has 1 saturated heterocycles. The van der Waals surface area contributed by atoms with Gasteiger partial charge in [-0.1, -0.05) is 6.42 Å². The molecule has 0 radical (unpaired) electrons. The molecule has 4 nitrogen and oxygen atoms in total. The number of halogens is 2. The maximum atomic E-state index is 14.2. The molecule has 0 spiro atoms. The number of methoxy groups -OCH3 is 1. The number of nitrogens with zero attached hydrogens (tertiary/aromatic N) is 3. The second-order valence-electron chi connectivity index (χ2n) is 6.25. The summed E-state index contributed by atoms with van der Waals surface area (Å²) in [4.78, 5) is 6.31. The summed E-state index contributed by atoms with van der Waals surface area (Å²) in [6, 6.07) is 2.97. The highest BCUT2D eigenvalue weighted by Gasteiger charge is 2.25. The summed E-state index contributed by atoms with van der Waals surface area (Å²) in [5.41, 5.74) is 0.312. The zero-order valence-electron chi connectivity index (χ0n) is 13.9. The van der Waals surface area contributed by atoms with Crippen LogP contribution in [0.2, 0.25) is 0 Å². The molecule has 0 N–H and O–H groups in total. The average Bonchev–Trinajstić information content (AvgIpc) is 3.12. The fourth-order valence-corrected chi connectivity index (χ4v) is 3.43. The van der Waals surface area contributed by atoms with Gasteiger partial charge in [-0.15, -0.1) is 0 Å². The van der Waals surface area contributed by atoms with Crippen molar-refractivity contribution in [3.05, 3.63) is 48.1 Å². The van der Waals surface area contributed by atoms with Crippen molar-refractivity contribution in [2.24, 2.45) is 0 Å². The molecule has 1 aromatic carbocycles. The Balaban J connectivity index is 1.73. The van der Waals surface area contributed by atoms with E-state index in [9.17, 15) is 8.78 Å². The SMILES string of the molecule is COc1ccc(F)c(F)c1CN1CCCC[C@H]1CCn1ccnc1. The first-order valence-electron chi connectivity index (χ1n) is 8.39. The number of aromatic nitrogens is 2. The van der Waals surface area contributed by atoms with E-state index in [1.54, 1.807) is 6.20 Å². The molecule has 3 rings (SSSR count). The molecule has 0 aliphatic carbocycles. The van der Waals surface area contributed by atoms with Gasteiger partial charge in [-0.3, -0.25) is 4.90 Å². The standard InChI is InChI=1S/C18H23F2N3O/c1-24-17-6-5-16(19)18(20)15(17)12-23-9-3-2-4-14(23)7-10-22-11-8-21-13-22/h5-6,8,11,13-14H,2-4,7,9-10,12H2,1H3/t14-/m0/s1. The number of imidazole rings is 1. The van der Waals surface area contributed by atoms with E-state index < -0.39 is 11.6 Å². The van der Waals surface area contributed by atoms with Crippen molar-refractivity contribution in [3.8, 4) is 5.75 Å². The fourth-order valence-electron chi connectivity index (χ4n) is 3.43. The van der Waals surface area contributed by atoms with Gasteiger partial charge in [0.25, 0.3) is 0 Å². The van der Waals surface area contributed by atoms with E-state index in [-0.39, 0.29) is 0 Å². The molecule has 1 fully saturated rings. The second-order valence-corrected chi connectivity index (χ2v) is 6.25. The third-order valence-electron chi connectivity index (χ3n) is 4.76. The van der Waals surface area contributed by atoms with Gasteiger partial charge < -0.3 is 9.30 Å². The molecule has 0 saturated carbocycles. The molecule has 130 valence electrons. The summed E-state index contributed by atoms with van der Waals surface area (Å²) >= 11 is 0. The van der Waals surface area contributed by atoms with E-state index in [4.69, 9.17) is 4.74 Å². The average molecular weight is 335 g/mol. The fraction of sp³-hybridized carbons (Fsp3) is 0.500. The zero-order valence-corrected chi connectivity index (χ0v) is 13.9. The lowest BCUT2D eigenvalue weighted by molar-refractivity contribution is 0.125. The van der Waals surface area contributed by atoms with Crippen molar-refractivity contribution < 1.29 is 13.5 Å². The quantitative estimate of drug-likeness (QED) is 0.808. The number of ether oxygens (including phenoxy) is 1. The lowest BCUT2D eigenvalue weighted by atomic mass is 9.98. The summed E-state index contributed by atoms with van der Waals surface area (Å²) in [7, 11) is 1.49. The lowest BCUT2D eigenvalue weighted by Gasteiger charge is -2.36. The van der Waals surface area contributed by atoms with Crippen molar-refractivity contribution in [2.45, 2.75) is 44.8 Å². The molecule has 1 aromatic heterocycles. The lowest BCUT2D eigenvalue weighted by Crippen LogP contribution is -2.39. The van der Waals surface area contributed by atoms with Crippen molar-refractivity contribution in [3.63, 3.8) is 0 Å². The molecular formula is C18H23F2N3O. The summed E-state index contributed by atoms with van der Waals surface area (Å²) in [6.07, 6.45) is 9.83. The van der Waals surface area contributed by atoms with E-state index in [1.807, 2.05) is 12.5 Å². The Morgan fingerprint density at radius 1 is 1.29 bits per heavy atom. The van der Waals surface area contributed by atoms with E-state index in [1.165, 1.54) is 19.6 Å². The van der Waals surface area contributed by atoms with Crippen LogP contribution in [0.5, 0.6) is 5.75 Å². The largest absolute Gasteiger partial charge is 0.496 e. The van der Waals surface area contributed by atoms with Gasteiger partial charge in [0.05, 0.1) is 13.4 Å². The van der Waals surface area contributed by atoms with Crippen LogP contribution in [0.3, 0.4) is 0 Å². The van der Waals surface area contributed by atoms with Crippen LogP contribution in [-0.2, 0) is 13.1 Å². The Kier molecular flexibility index (Phi) is 5.45. The van der Waals surface area contributed by atoms with Gasteiger partial charge in [-0.05, 0) is 37.9 Å². The predicted molar refractivity (Wildman–Crippen MR) is 87.8 cm³/mol. The van der Waals surface area contributed by atoms with Crippen LogP contribution in [-0.4, -0.2) is 34.1 Å². The Morgan fingerprint density at radius 2 is 2.17 bits per heavy atom. The highest BCUT2D eigenvalue weighted by Crippen LogP contribution is 2.29. The van der Waals surface area contributed by atoms with Gasteiger partial charge in [0.15, 0.2) is 11.6 Å². The molecule has 1 aliphatic heterocycles. The number of hydrogen-bond donors (Lipinski definition) is 0. The first-order chi connectivity index (χ1) is 11.7. The monoisotopic (exact) mass is 335 g/mol. The predicted octanol–water partition coefficient (Wildman–Crippen LogP) is 3.61. The third-order valence-corrected chi connectivity index (χ3v) is 4.76. The van der Waals surface area contributed by atoms with Crippen molar-refractivity contribution in [1.29, 1.82) is 0 Å². The minimum absolute atomic E-state index is 0.312. The van der Waals surface area contributed by atoms with E-state index in [2.05, 4.69) is 14.5 Å². The molecule has 2 aromatic rings. The smallest absolute Gasteiger partial charge is 0.167 e. The molecular weight excluding hydrogens is 312 g/mol. The Hall–Kier alpha value is -1.95. The highest BCUT2D eigenvalue weighted by molar-refractivity contribution is 5.35. The van der Waals surface area contributed by atoms with Gasteiger partial charge in [0.2, 0.25) is 0 Å². The summed E-state index contributed by atoms with van der Waals surface area (Å²) in [5, 5.41) is 0. The molecule has 6 heteroatoms. The molecule has 0 bridgehead atoms. The summed E-state index contributed by atoms with van der Waals surface area (Å²) in [5.74, 6) is -1.21. The minimum atomic E-state index is -0.822. The molecule has 1 aliphatic rings. The number of likely N-dealkylation sites (tertiary alicyclic amines) is 1. The molecule has 0 amide bonds. The number of aryl methyl sites for hydroxylation is 1. The van der Waals surface area contributed by atoms with E-state index in [0.717, 1.165) is 38.4 Å². The topological polar surface area (TPSA) is 30.3 Å². The van der Waals surface area contributed by atoms with Gasteiger partial charge in [0.1, 0.15) is 5.75 Å². The molecule has 2 heterocycles. The van der Waals surface area contributed by atoms with Crippen LogP contribution in [0.1, 0.15) is 31.2 Å². The van der Waals surface area contributed by atoms with Gasteiger partial charge in [-0.2, -0.15) is 0 Å². The number of benzene rings is 1. The van der Waals surface area contributed by atoms with Crippen molar-refractivity contribution in [1.82, 2.24) is 14.5 Å². The molecule has 0 unspecified atom stereocenters. The van der Waals surface area contributed by atoms with Crippen LogP contribution in [0, 0.1) is 11.6 Å². The number of rotatable bonds is 6. The minimum Gasteiger partial charge on any atom is -0.496 e. The van der Waals surface area contributed by atoms with Crippen molar-refractivity contribution in [2.75, 3.05) is 13.7 Å². The maximum Gasteiger partial charge on any atom is 0.167 e. The Morgan fingerprint density at radius 3 is 2.92 bits per heavy atom. The van der Waals surface area contributed by atoms with Crippen LogP contribution in [0.4, 0.5) is 8.78 Å².